The Hall–Kier alpha value is -1.47. The summed E-state index contributed by atoms with van der Waals surface area (Å²) in [5.74, 6) is -1.73. The van der Waals surface area contributed by atoms with Crippen LogP contribution in [0.15, 0.2) is 11.0 Å². The molecule has 0 saturated carbocycles. The van der Waals surface area contributed by atoms with Crippen LogP contribution in [-0.2, 0) is 4.74 Å². The zero-order chi connectivity index (χ0) is 12.5. The highest BCUT2D eigenvalue weighted by molar-refractivity contribution is 7.80. The maximum Gasteiger partial charge on any atom is 0.341 e. The lowest BCUT2D eigenvalue weighted by Gasteiger charge is -2.06. The van der Waals surface area contributed by atoms with E-state index in [0.29, 0.717) is 0 Å². The topological polar surface area (TPSA) is 89.7 Å². The highest BCUT2D eigenvalue weighted by Crippen LogP contribution is 2.40. The van der Waals surface area contributed by atoms with E-state index >= 15 is 0 Å². The molecule has 0 fully saturated rings. The molecule has 0 saturated heterocycles. The van der Waals surface area contributed by atoms with Crippen molar-refractivity contribution in [2.45, 2.75) is 4.90 Å². The van der Waals surface area contributed by atoms with Crippen molar-refractivity contribution >= 4 is 35.9 Å². The Labute approximate surface area is 100 Å². The number of ether oxygens (including phenoxy) is 1. The van der Waals surface area contributed by atoms with E-state index in [-0.39, 0.29) is 15.5 Å². The number of benzene rings is 1. The molecule has 0 radical (unpaired) electrons. The van der Waals surface area contributed by atoms with E-state index in [2.05, 4.69) is 17.4 Å². The summed E-state index contributed by atoms with van der Waals surface area (Å²) in [7, 11) is 1.08. The number of nitrogens with zero attached hydrogens (tertiary/aromatic N) is 1. The summed E-state index contributed by atoms with van der Waals surface area (Å²) in [4.78, 5) is 20.7. The number of halogens is 1. The Morgan fingerprint density at radius 2 is 2.25 bits per heavy atom. The minimum absolute atomic E-state index is 0.117. The summed E-state index contributed by atoms with van der Waals surface area (Å²) >= 11 is 9.42. The smallest absolute Gasteiger partial charge is 0.341 e. The third-order valence-corrected chi connectivity index (χ3v) is 2.67. The largest absolute Gasteiger partial charge is 0.501 e. The molecule has 1 N–H and O–H groups in total. The monoisotopic (exact) mass is 263 g/mol. The second kappa shape index (κ2) is 4.58. The molecule has 0 aliphatic rings. The van der Waals surface area contributed by atoms with Crippen molar-refractivity contribution in [1.82, 2.24) is 0 Å². The van der Waals surface area contributed by atoms with E-state index in [1.807, 2.05) is 0 Å². The normalized spacial score (nSPS) is 9.94. The zero-order valence-corrected chi connectivity index (χ0v) is 9.58. The summed E-state index contributed by atoms with van der Waals surface area (Å²) in [6.07, 6.45) is 0. The fraction of sp³-hybridized carbons (Fsp3) is 0.125. The highest BCUT2D eigenvalue weighted by Gasteiger charge is 2.27. The Morgan fingerprint density at radius 1 is 1.69 bits per heavy atom. The van der Waals surface area contributed by atoms with Crippen molar-refractivity contribution in [2.24, 2.45) is 0 Å². The van der Waals surface area contributed by atoms with Crippen LogP contribution >= 0.6 is 24.2 Å². The van der Waals surface area contributed by atoms with Crippen LogP contribution in [-0.4, -0.2) is 23.1 Å². The molecule has 1 aromatic carbocycles. The number of carbonyl (C=O) groups excluding carboxylic acids is 1. The van der Waals surface area contributed by atoms with Gasteiger partial charge in [0, 0.05) is 0 Å². The first-order valence-corrected chi connectivity index (χ1v) is 4.69. The average molecular weight is 264 g/mol. The third-order valence-electron chi connectivity index (χ3n) is 1.79. The second-order valence-corrected chi connectivity index (χ2v) is 3.55. The van der Waals surface area contributed by atoms with Gasteiger partial charge in [-0.05, 0) is 6.07 Å². The van der Waals surface area contributed by atoms with Gasteiger partial charge in [0.2, 0.25) is 5.75 Å². The number of esters is 1. The second-order valence-electron chi connectivity index (χ2n) is 2.70. The number of rotatable bonds is 2. The van der Waals surface area contributed by atoms with Crippen molar-refractivity contribution in [3.05, 3.63) is 26.8 Å². The van der Waals surface area contributed by atoms with Crippen LogP contribution in [0.25, 0.3) is 0 Å². The molecule has 16 heavy (non-hydrogen) atoms. The van der Waals surface area contributed by atoms with Crippen molar-refractivity contribution in [1.29, 1.82) is 0 Å². The molecular weight excluding hydrogens is 258 g/mol. The molecule has 8 heteroatoms. The fourth-order valence-corrected chi connectivity index (χ4v) is 1.51. The fourth-order valence-electron chi connectivity index (χ4n) is 1.05. The number of thiol groups is 1. The van der Waals surface area contributed by atoms with Crippen LogP contribution < -0.4 is 0 Å². The Balaban J connectivity index is 3.56. The van der Waals surface area contributed by atoms with Crippen LogP contribution in [0.5, 0.6) is 5.75 Å². The van der Waals surface area contributed by atoms with Gasteiger partial charge >= 0.3 is 11.7 Å². The maximum atomic E-state index is 11.2. The molecule has 0 heterocycles. The minimum atomic E-state index is -0.921. The predicted molar refractivity (Wildman–Crippen MR) is 58.4 cm³/mol. The van der Waals surface area contributed by atoms with Gasteiger partial charge in [-0.1, -0.05) is 11.6 Å². The molecule has 6 nitrogen and oxygen atoms in total. The van der Waals surface area contributed by atoms with Crippen LogP contribution in [0, 0.1) is 10.1 Å². The van der Waals surface area contributed by atoms with Gasteiger partial charge in [-0.3, -0.25) is 10.1 Å². The first-order chi connectivity index (χ1) is 7.40. The van der Waals surface area contributed by atoms with Gasteiger partial charge in [0.05, 0.1) is 17.1 Å². The van der Waals surface area contributed by atoms with Crippen LogP contribution in [0.3, 0.4) is 0 Å². The van der Waals surface area contributed by atoms with E-state index in [9.17, 15) is 20.0 Å². The summed E-state index contributed by atoms with van der Waals surface area (Å²) < 4.78 is 4.34. The number of nitro groups is 1. The average Bonchev–Trinajstić information content (AvgIpc) is 2.22. The molecule has 0 unspecified atom stereocenters. The Kier molecular flexibility index (Phi) is 3.61. The summed E-state index contributed by atoms with van der Waals surface area (Å²) in [6, 6.07) is 1.05. The molecule has 0 aromatic heterocycles. The molecule has 0 bridgehead atoms. The number of phenolic OH excluding ortho intramolecular Hbond substituents is 1. The molecule has 0 atom stereocenters. The Bertz CT molecular complexity index is 476. The molecule has 86 valence electrons. The van der Waals surface area contributed by atoms with Gasteiger partial charge in [0.25, 0.3) is 0 Å². The standard InChI is InChI=1S/C8H6ClNO5S/c1-15-8(12)3-2-4(9)7(16)5(6(3)11)10(13)14/h2,11,16H,1H3. The molecule has 0 amide bonds. The lowest BCUT2D eigenvalue weighted by atomic mass is 10.1. The maximum absolute atomic E-state index is 11.2. The number of methoxy groups -OCH3 is 1. The molecular formula is C8H6ClNO5S. The van der Waals surface area contributed by atoms with E-state index in [1.165, 1.54) is 0 Å². The lowest BCUT2D eigenvalue weighted by molar-refractivity contribution is -0.388. The molecule has 1 rings (SSSR count). The van der Waals surface area contributed by atoms with Gasteiger partial charge in [-0.2, -0.15) is 0 Å². The predicted octanol–water partition coefficient (Wildman–Crippen LogP) is 2.03. The number of carbonyl (C=O) groups is 1. The summed E-state index contributed by atoms with van der Waals surface area (Å²) in [6.45, 7) is 0. The van der Waals surface area contributed by atoms with Gasteiger partial charge in [-0.25, -0.2) is 4.79 Å². The van der Waals surface area contributed by atoms with E-state index in [4.69, 9.17) is 11.6 Å². The van der Waals surface area contributed by atoms with E-state index in [1.54, 1.807) is 0 Å². The zero-order valence-electron chi connectivity index (χ0n) is 7.93. The lowest BCUT2D eigenvalue weighted by Crippen LogP contribution is -2.04. The Morgan fingerprint density at radius 3 is 2.69 bits per heavy atom. The van der Waals surface area contributed by atoms with Crippen LogP contribution in [0.1, 0.15) is 10.4 Å². The first kappa shape index (κ1) is 12.6. The van der Waals surface area contributed by atoms with Gasteiger partial charge in [0.1, 0.15) is 10.5 Å². The number of hydrogen-bond acceptors (Lipinski definition) is 6. The van der Waals surface area contributed by atoms with Crippen LogP contribution in [0.4, 0.5) is 5.69 Å². The minimum Gasteiger partial charge on any atom is -0.501 e. The molecule has 1 aromatic rings. The number of aromatic hydroxyl groups is 1. The van der Waals surface area contributed by atoms with Crippen LogP contribution in [0.2, 0.25) is 5.02 Å². The summed E-state index contributed by atoms with van der Waals surface area (Å²) in [5.41, 5.74) is -1.10. The quantitative estimate of drug-likeness (QED) is 0.369. The van der Waals surface area contributed by atoms with Gasteiger partial charge in [-0.15, -0.1) is 12.6 Å². The SMILES string of the molecule is COC(=O)c1cc(Cl)c(S)c([N+](=O)[O-])c1O. The van der Waals surface area contributed by atoms with Gasteiger partial charge in [0.15, 0.2) is 0 Å². The van der Waals surface area contributed by atoms with Gasteiger partial charge < -0.3 is 9.84 Å². The first-order valence-electron chi connectivity index (χ1n) is 3.87. The van der Waals surface area contributed by atoms with Crippen molar-refractivity contribution in [3.8, 4) is 5.75 Å². The highest BCUT2D eigenvalue weighted by atomic mass is 35.5. The molecule has 0 aliphatic carbocycles. The molecule has 0 aliphatic heterocycles. The van der Waals surface area contributed by atoms with E-state index < -0.39 is 22.3 Å². The summed E-state index contributed by atoms with van der Waals surface area (Å²) in [5, 5.41) is 20.0. The van der Waals surface area contributed by atoms with Crippen molar-refractivity contribution in [2.75, 3.05) is 7.11 Å². The number of hydrogen-bond donors (Lipinski definition) is 2. The van der Waals surface area contributed by atoms with Crippen molar-refractivity contribution < 1.29 is 19.6 Å². The van der Waals surface area contributed by atoms with E-state index in [0.717, 1.165) is 13.2 Å². The van der Waals surface area contributed by atoms with Crippen molar-refractivity contribution in [3.63, 3.8) is 0 Å². The number of nitro benzene ring substituents is 1. The third kappa shape index (κ3) is 2.05. The molecule has 0 spiro atoms. The number of phenols is 1.